The molecule has 12 heteroatoms. The quantitative estimate of drug-likeness (QED) is 0.378. The summed E-state index contributed by atoms with van der Waals surface area (Å²) in [4.78, 5) is 12.7. The molecule has 0 aliphatic heterocycles. The van der Waals surface area contributed by atoms with Crippen molar-refractivity contribution in [1.29, 1.82) is 0 Å². The summed E-state index contributed by atoms with van der Waals surface area (Å²) in [6, 6.07) is 7.87. The van der Waals surface area contributed by atoms with Crippen molar-refractivity contribution in [2.24, 2.45) is 0 Å². The Labute approximate surface area is 180 Å². The molecule has 0 saturated heterocycles. The summed E-state index contributed by atoms with van der Waals surface area (Å²) in [5, 5.41) is 6.61. The topological polar surface area (TPSA) is 94.3 Å². The van der Waals surface area contributed by atoms with Crippen molar-refractivity contribution in [2.75, 3.05) is 5.73 Å². The lowest BCUT2D eigenvalue weighted by atomic mass is 10.0. The average molecular weight is 469 g/mol. The Hall–Kier alpha value is -3.96. The molecule has 4 aromatic rings. The number of benzene rings is 2. The lowest BCUT2D eigenvalue weighted by Gasteiger charge is -2.14. The Morgan fingerprint density at radius 2 is 1.64 bits per heavy atom. The first-order valence-electron chi connectivity index (χ1n) is 9.23. The summed E-state index contributed by atoms with van der Waals surface area (Å²) in [5.74, 6) is -1.28. The monoisotopic (exact) mass is 469 g/mol. The minimum Gasteiger partial charge on any atom is -0.464 e. The SMILES string of the molecule is Nc1onc(-c2coc3ccccc23)c1C(=O)NCc1cc(C(F)(F)F)cc(C(F)(F)F)c1. The molecule has 0 fully saturated rings. The number of nitrogens with two attached hydrogens (primary N) is 1. The molecule has 0 aliphatic carbocycles. The van der Waals surface area contributed by atoms with Crippen LogP contribution in [0, 0.1) is 0 Å². The number of rotatable bonds is 4. The number of nitrogens with one attached hydrogen (secondary N) is 1. The largest absolute Gasteiger partial charge is 0.464 e. The number of nitrogens with zero attached hydrogens (tertiary/aromatic N) is 1. The van der Waals surface area contributed by atoms with Crippen LogP contribution in [0.15, 0.2) is 57.7 Å². The van der Waals surface area contributed by atoms with E-state index in [1.807, 2.05) is 0 Å². The van der Waals surface area contributed by atoms with Crippen molar-refractivity contribution in [3.8, 4) is 11.3 Å². The number of aromatic nitrogens is 1. The number of furan rings is 1. The van der Waals surface area contributed by atoms with Gasteiger partial charge in [0.15, 0.2) is 0 Å². The highest BCUT2D eigenvalue weighted by molar-refractivity contribution is 6.06. The summed E-state index contributed by atoms with van der Waals surface area (Å²) in [7, 11) is 0. The molecular formula is C21H13F6N3O3. The third-order valence-electron chi connectivity index (χ3n) is 4.78. The van der Waals surface area contributed by atoms with Gasteiger partial charge in [0.25, 0.3) is 5.91 Å². The number of para-hydroxylation sites is 1. The second kappa shape index (κ2) is 7.87. The molecule has 2 aromatic heterocycles. The van der Waals surface area contributed by atoms with Crippen molar-refractivity contribution in [3.63, 3.8) is 0 Å². The smallest absolute Gasteiger partial charge is 0.416 e. The molecule has 3 N–H and O–H groups in total. The first kappa shape index (κ1) is 22.2. The van der Waals surface area contributed by atoms with Gasteiger partial charge < -0.3 is 20.0 Å². The van der Waals surface area contributed by atoms with Gasteiger partial charge in [-0.3, -0.25) is 4.79 Å². The van der Waals surface area contributed by atoms with Gasteiger partial charge in [-0.25, -0.2) is 0 Å². The van der Waals surface area contributed by atoms with E-state index in [2.05, 4.69) is 10.5 Å². The molecule has 2 aromatic carbocycles. The number of carbonyl (C=O) groups excluding carboxylic acids is 1. The van der Waals surface area contributed by atoms with Crippen molar-refractivity contribution in [1.82, 2.24) is 10.5 Å². The Bertz CT molecular complexity index is 1310. The molecule has 0 saturated carbocycles. The fourth-order valence-corrected chi connectivity index (χ4v) is 3.26. The Morgan fingerprint density at radius 1 is 1.00 bits per heavy atom. The number of anilines is 1. The van der Waals surface area contributed by atoms with E-state index in [0.717, 1.165) is 0 Å². The lowest BCUT2D eigenvalue weighted by Crippen LogP contribution is -2.24. The highest BCUT2D eigenvalue weighted by Gasteiger charge is 2.37. The zero-order valence-corrected chi connectivity index (χ0v) is 16.3. The fourth-order valence-electron chi connectivity index (χ4n) is 3.26. The molecule has 0 atom stereocenters. The van der Waals surface area contributed by atoms with E-state index in [0.29, 0.717) is 28.7 Å². The van der Waals surface area contributed by atoms with E-state index >= 15 is 0 Å². The molecule has 0 spiro atoms. The van der Waals surface area contributed by atoms with E-state index < -0.39 is 41.5 Å². The molecule has 0 unspecified atom stereocenters. The summed E-state index contributed by atoms with van der Waals surface area (Å²) in [5.41, 5.74) is 2.96. The summed E-state index contributed by atoms with van der Waals surface area (Å²) >= 11 is 0. The van der Waals surface area contributed by atoms with E-state index in [-0.39, 0.29) is 23.2 Å². The summed E-state index contributed by atoms with van der Waals surface area (Å²) in [6.07, 6.45) is -8.69. The van der Waals surface area contributed by atoms with Gasteiger partial charge >= 0.3 is 12.4 Å². The number of carbonyl (C=O) groups is 1. The molecule has 172 valence electrons. The van der Waals surface area contributed by atoms with Crippen LogP contribution in [-0.2, 0) is 18.9 Å². The first-order valence-corrected chi connectivity index (χ1v) is 9.23. The van der Waals surface area contributed by atoms with Crippen LogP contribution in [0.1, 0.15) is 27.0 Å². The molecule has 0 radical (unpaired) electrons. The van der Waals surface area contributed by atoms with Crippen molar-refractivity contribution < 1.29 is 40.1 Å². The maximum absolute atomic E-state index is 13.0. The molecule has 2 heterocycles. The normalized spacial score (nSPS) is 12.3. The number of halogens is 6. The number of hydrogen-bond donors (Lipinski definition) is 2. The summed E-state index contributed by atoms with van der Waals surface area (Å²) in [6.45, 7) is -0.637. The van der Waals surface area contributed by atoms with Gasteiger partial charge in [-0.05, 0) is 29.8 Å². The number of amides is 1. The maximum atomic E-state index is 13.0. The Kier molecular flexibility index (Phi) is 5.30. The number of alkyl halides is 6. The first-order chi connectivity index (χ1) is 15.4. The third-order valence-corrected chi connectivity index (χ3v) is 4.78. The third kappa shape index (κ3) is 4.36. The van der Waals surface area contributed by atoms with Gasteiger partial charge in [-0.1, -0.05) is 23.4 Å². The highest BCUT2D eigenvalue weighted by Crippen LogP contribution is 2.37. The van der Waals surface area contributed by atoms with Crippen molar-refractivity contribution in [3.05, 3.63) is 71.0 Å². The average Bonchev–Trinajstić information content (AvgIpc) is 3.33. The van der Waals surface area contributed by atoms with Crippen LogP contribution in [-0.4, -0.2) is 11.1 Å². The number of fused-ring (bicyclic) bond motifs is 1. The summed E-state index contributed by atoms with van der Waals surface area (Å²) < 4.78 is 88.6. The van der Waals surface area contributed by atoms with E-state index in [9.17, 15) is 31.1 Å². The van der Waals surface area contributed by atoms with E-state index in [4.69, 9.17) is 14.7 Å². The molecule has 4 rings (SSSR count). The highest BCUT2D eigenvalue weighted by atomic mass is 19.4. The van der Waals surface area contributed by atoms with E-state index in [1.165, 1.54) is 6.26 Å². The Morgan fingerprint density at radius 3 is 2.27 bits per heavy atom. The van der Waals surface area contributed by atoms with Crippen LogP contribution in [0.4, 0.5) is 32.2 Å². The van der Waals surface area contributed by atoms with Crippen LogP contribution in [0.3, 0.4) is 0 Å². The van der Waals surface area contributed by atoms with Crippen LogP contribution < -0.4 is 11.1 Å². The van der Waals surface area contributed by atoms with Gasteiger partial charge in [0.05, 0.1) is 16.7 Å². The van der Waals surface area contributed by atoms with Crippen LogP contribution in [0.5, 0.6) is 0 Å². The maximum Gasteiger partial charge on any atom is 0.416 e. The van der Waals surface area contributed by atoms with Gasteiger partial charge in [-0.15, -0.1) is 0 Å². The Balaban J connectivity index is 1.64. The molecular weight excluding hydrogens is 456 g/mol. The van der Waals surface area contributed by atoms with E-state index in [1.54, 1.807) is 24.3 Å². The van der Waals surface area contributed by atoms with Crippen LogP contribution in [0.25, 0.3) is 22.2 Å². The predicted octanol–water partition coefficient (Wildman–Crippen LogP) is 5.64. The minimum absolute atomic E-state index is 0.00538. The zero-order chi connectivity index (χ0) is 24.0. The second-order valence-corrected chi connectivity index (χ2v) is 7.01. The van der Waals surface area contributed by atoms with Gasteiger partial charge in [0.1, 0.15) is 23.1 Å². The standard InChI is InChI=1S/C21H13F6N3O3/c22-20(23,24)11-5-10(6-12(7-11)21(25,26)27)8-29-19(31)16-17(30-33-18(16)28)14-9-32-15-4-2-1-3-13(14)15/h1-7,9H,8,28H2,(H,29,31). The van der Waals surface area contributed by atoms with Crippen molar-refractivity contribution >= 4 is 22.8 Å². The number of nitrogen functional groups attached to an aromatic ring is 1. The van der Waals surface area contributed by atoms with Crippen LogP contribution in [0.2, 0.25) is 0 Å². The van der Waals surface area contributed by atoms with Crippen molar-refractivity contribution in [2.45, 2.75) is 18.9 Å². The second-order valence-electron chi connectivity index (χ2n) is 7.01. The zero-order valence-electron chi connectivity index (χ0n) is 16.3. The van der Waals surface area contributed by atoms with Gasteiger partial charge in [-0.2, -0.15) is 26.3 Å². The van der Waals surface area contributed by atoms with Crippen LogP contribution >= 0.6 is 0 Å². The lowest BCUT2D eigenvalue weighted by molar-refractivity contribution is -0.143. The number of hydrogen-bond acceptors (Lipinski definition) is 5. The fraction of sp³-hybridized carbons (Fsp3) is 0.143. The van der Waals surface area contributed by atoms with Gasteiger partial charge in [0, 0.05) is 11.9 Å². The van der Waals surface area contributed by atoms with Gasteiger partial charge in [0.2, 0.25) is 5.88 Å². The molecule has 1 amide bonds. The predicted molar refractivity (Wildman–Crippen MR) is 104 cm³/mol. The molecule has 0 aliphatic rings. The molecule has 33 heavy (non-hydrogen) atoms. The molecule has 0 bridgehead atoms. The molecule has 6 nitrogen and oxygen atoms in total. The minimum atomic E-state index is -5.01.